The summed E-state index contributed by atoms with van der Waals surface area (Å²) in [4.78, 5) is 2.13. The summed E-state index contributed by atoms with van der Waals surface area (Å²) in [6.07, 6.45) is 2.31. The molecule has 1 nitrogen and oxygen atoms in total. The summed E-state index contributed by atoms with van der Waals surface area (Å²) in [6.45, 7) is 1.90. The highest BCUT2D eigenvalue weighted by molar-refractivity contribution is 5.72. The third-order valence-electron chi connectivity index (χ3n) is 3.69. The first-order valence-electron chi connectivity index (χ1n) is 6.70. The van der Waals surface area contributed by atoms with Crippen LogP contribution in [0.15, 0.2) is 66.7 Å². The number of nitrogens with zero attached hydrogens (tertiary/aromatic N) is 1. The van der Waals surface area contributed by atoms with Gasteiger partial charge in [-0.05, 0) is 16.7 Å². The van der Waals surface area contributed by atoms with Gasteiger partial charge in [-0.2, -0.15) is 0 Å². The first-order valence-corrected chi connectivity index (χ1v) is 6.70. The number of hydrogen-bond acceptors (Lipinski definition) is 1. The van der Waals surface area contributed by atoms with Gasteiger partial charge in [-0.1, -0.05) is 66.7 Å². The van der Waals surface area contributed by atoms with Crippen LogP contribution in [0.3, 0.4) is 0 Å². The van der Waals surface area contributed by atoms with Gasteiger partial charge in [0.15, 0.2) is 0 Å². The van der Waals surface area contributed by atoms with Crippen LogP contribution in [0, 0.1) is 7.05 Å². The molecule has 1 aliphatic rings. The van der Waals surface area contributed by atoms with Gasteiger partial charge in [-0.25, -0.2) is 0 Å². The summed E-state index contributed by atoms with van der Waals surface area (Å²) in [5, 5.41) is 0. The van der Waals surface area contributed by atoms with Crippen LogP contribution < -0.4 is 0 Å². The molecule has 1 atom stereocenters. The van der Waals surface area contributed by atoms with Gasteiger partial charge in [0.1, 0.15) is 0 Å². The molecule has 2 aromatic rings. The average Bonchev–Trinajstić information content (AvgIpc) is 2.49. The second kappa shape index (κ2) is 5.41. The first-order chi connectivity index (χ1) is 9.34. The smallest absolute Gasteiger partial charge is 0.0220 e. The van der Waals surface area contributed by atoms with Gasteiger partial charge < -0.3 is 0 Å². The zero-order valence-electron chi connectivity index (χ0n) is 11.0. The van der Waals surface area contributed by atoms with Crippen molar-refractivity contribution in [2.75, 3.05) is 13.1 Å². The van der Waals surface area contributed by atoms with E-state index >= 15 is 0 Å². The van der Waals surface area contributed by atoms with Gasteiger partial charge >= 0.3 is 0 Å². The average molecular weight is 248 g/mol. The molecule has 0 aliphatic carbocycles. The van der Waals surface area contributed by atoms with E-state index in [1.165, 1.54) is 16.7 Å². The van der Waals surface area contributed by atoms with Crippen LogP contribution in [0.1, 0.15) is 17.0 Å². The Bertz CT molecular complexity index is 557. The number of benzene rings is 2. The monoisotopic (exact) mass is 248 g/mol. The third-order valence-corrected chi connectivity index (χ3v) is 3.69. The van der Waals surface area contributed by atoms with Crippen LogP contribution in [0.2, 0.25) is 0 Å². The maximum absolute atomic E-state index is 4.09. The van der Waals surface area contributed by atoms with Crippen molar-refractivity contribution in [1.82, 2.24) is 4.90 Å². The molecule has 1 radical (unpaired) electrons. The molecule has 95 valence electrons. The molecule has 1 unspecified atom stereocenters. The molecule has 19 heavy (non-hydrogen) atoms. The molecule has 0 bridgehead atoms. The van der Waals surface area contributed by atoms with E-state index in [0.29, 0.717) is 5.92 Å². The van der Waals surface area contributed by atoms with E-state index in [9.17, 15) is 0 Å². The topological polar surface area (TPSA) is 3.24 Å². The summed E-state index contributed by atoms with van der Waals surface area (Å²) in [5.41, 5.74) is 4.11. The second-order valence-electron chi connectivity index (χ2n) is 5.02. The Hall–Kier alpha value is -1.86. The van der Waals surface area contributed by atoms with E-state index < -0.39 is 0 Å². The fraction of sp³-hybridized carbons (Fsp3) is 0.167. The van der Waals surface area contributed by atoms with Crippen molar-refractivity contribution in [2.45, 2.75) is 5.92 Å². The van der Waals surface area contributed by atoms with Crippen molar-refractivity contribution in [2.24, 2.45) is 0 Å². The maximum Gasteiger partial charge on any atom is 0.0220 e. The fourth-order valence-electron chi connectivity index (χ4n) is 2.72. The minimum Gasteiger partial charge on any atom is -0.297 e. The molecular formula is C18H18N. The van der Waals surface area contributed by atoms with Gasteiger partial charge in [0.2, 0.25) is 0 Å². The van der Waals surface area contributed by atoms with Crippen molar-refractivity contribution in [1.29, 1.82) is 0 Å². The van der Waals surface area contributed by atoms with E-state index in [1.807, 2.05) is 0 Å². The quantitative estimate of drug-likeness (QED) is 0.777. The summed E-state index contributed by atoms with van der Waals surface area (Å²) in [6, 6.07) is 21.4. The molecular weight excluding hydrogens is 230 g/mol. The van der Waals surface area contributed by atoms with Crippen LogP contribution in [-0.4, -0.2) is 18.0 Å². The molecule has 0 spiro atoms. The lowest BCUT2D eigenvalue weighted by molar-refractivity contribution is 0.386. The van der Waals surface area contributed by atoms with Crippen molar-refractivity contribution in [3.05, 3.63) is 84.9 Å². The molecule has 2 aromatic carbocycles. The minimum atomic E-state index is 0.412. The lowest BCUT2D eigenvalue weighted by Crippen LogP contribution is -2.28. The summed E-state index contributed by atoms with van der Waals surface area (Å²) in [5.74, 6) is 0.412. The van der Waals surface area contributed by atoms with Crippen LogP contribution in [0.25, 0.3) is 5.57 Å². The summed E-state index contributed by atoms with van der Waals surface area (Å²) in [7, 11) is 4.09. The van der Waals surface area contributed by atoms with Crippen LogP contribution in [-0.2, 0) is 0 Å². The largest absolute Gasteiger partial charge is 0.297 e. The van der Waals surface area contributed by atoms with Crippen molar-refractivity contribution in [3.63, 3.8) is 0 Å². The highest BCUT2D eigenvalue weighted by atomic mass is 15.1. The van der Waals surface area contributed by atoms with Crippen molar-refractivity contribution >= 4 is 5.57 Å². The second-order valence-corrected chi connectivity index (χ2v) is 5.02. The van der Waals surface area contributed by atoms with Gasteiger partial charge in [-0.3, -0.25) is 4.90 Å². The zero-order valence-corrected chi connectivity index (χ0v) is 11.0. The standard InChI is InChI=1S/C18H18N/c1-19-13-12-17(15-8-4-2-5-9-15)18(14-19)16-10-6-3-7-11-16/h2-12,18H,1,13-14H2. The molecule has 0 fully saturated rings. The Kier molecular flexibility index (Phi) is 3.47. The molecule has 0 saturated heterocycles. The number of hydrogen-bond donors (Lipinski definition) is 0. The minimum absolute atomic E-state index is 0.412. The molecule has 3 rings (SSSR count). The Balaban J connectivity index is 2.01. The predicted molar refractivity (Wildman–Crippen MR) is 80.5 cm³/mol. The molecule has 0 saturated carbocycles. The molecule has 1 heterocycles. The molecule has 1 heteroatoms. The third kappa shape index (κ3) is 2.61. The highest BCUT2D eigenvalue weighted by Gasteiger charge is 2.23. The van der Waals surface area contributed by atoms with E-state index in [0.717, 1.165) is 13.1 Å². The van der Waals surface area contributed by atoms with Gasteiger partial charge in [0, 0.05) is 26.1 Å². The van der Waals surface area contributed by atoms with Gasteiger partial charge in [0.25, 0.3) is 0 Å². The van der Waals surface area contributed by atoms with Crippen molar-refractivity contribution < 1.29 is 0 Å². The van der Waals surface area contributed by atoms with E-state index in [1.54, 1.807) is 0 Å². The molecule has 0 N–H and O–H groups in total. The van der Waals surface area contributed by atoms with Crippen molar-refractivity contribution in [3.8, 4) is 0 Å². The number of rotatable bonds is 2. The lowest BCUT2D eigenvalue weighted by atomic mass is 9.84. The lowest BCUT2D eigenvalue weighted by Gasteiger charge is -2.31. The van der Waals surface area contributed by atoms with E-state index in [-0.39, 0.29) is 0 Å². The predicted octanol–water partition coefficient (Wildman–Crippen LogP) is 3.96. The van der Waals surface area contributed by atoms with E-state index in [2.05, 4.69) is 78.7 Å². The normalized spacial score (nSPS) is 20.1. The zero-order chi connectivity index (χ0) is 13.1. The Morgan fingerprint density at radius 1 is 0.895 bits per heavy atom. The molecule has 0 aromatic heterocycles. The Labute approximate surface area is 115 Å². The Morgan fingerprint density at radius 3 is 2.21 bits per heavy atom. The van der Waals surface area contributed by atoms with Crippen LogP contribution in [0.5, 0.6) is 0 Å². The van der Waals surface area contributed by atoms with Gasteiger partial charge in [-0.15, -0.1) is 0 Å². The van der Waals surface area contributed by atoms with Crippen LogP contribution >= 0.6 is 0 Å². The fourth-order valence-corrected chi connectivity index (χ4v) is 2.72. The highest BCUT2D eigenvalue weighted by Crippen LogP contribution is 2.35. The summed E-state index contributed by atoms with van der Waals surface area (Å²) < 4.78 is 0. The van der Waals surface area contributed by atoms with E-state index in [4.69, 9.17) is 0 Å². The SMILES string of the molecule is [CH2]N1CC=C(c2ccccc2)C(c2ccccc2)C1. The summed E-state index contributed by atoms with van der Waals surface area (Å²) >= 11 is 0. The van der Waals surface area contributed by atoms with Crippen LogP contribution in [0.4, 0.5) is 0 Å². The maximum atomic E-state index is 4.09. The Morgan fingerprint density at radius 2 is 1.53 bits per heavy atom. The first kappa shape index (κ1) is 12.2. The molecule has 0 amide bonds. The molecule has 1 aliphatic heterocycles. The van der Waals surface area contributed by atoms with Gasteiger partial charge in [0.05, 0.1) is 0 Å².